The van der Waals surface area contributed by atoms with Crippen LogP contribution in [0.2, 0.25) is 0 Å². The molecule has 0 aliphatic heterocycles. The molecule has 2 amide bonds. The highest BCUT2D eigenvalue weighted by molar-refractivity contribution is 7.89. The molecule has 10 nitrogen and oxygen atoms in total. The Kier molecular flexibility index (Phi) is 9.80. The van der Waals surface area contributed by atoms with Crippen LogP contribution in [0.25, 0.3) is 0 Å². The van der Waals surface area contributed by atoms with Crippen molar-refractivity contribution in [2.45, 2.75) is 63.5 Å². The third-order valence-electron chi connectivity index (χ3n) is 4.47. The van der Waals surface area contributed by atoms with E-state index in [0.717, 1.165) is 9.87 Å². The Bertz CT molecular complexity index is 908. The van der Waals surface area contributed by atoms with Crippen LogP contribution in [0, 0.1) is 6.92 Å². The van der Waals surface area contributed by atoms with Crippen LogP contribution < -0.4 is 5.73 Å². The zero-order valence-electron chi connectivity index (χ0n) is 19.2. The molecule has 1 aromatic rings. The van der Waals surface area contributed by atoms with Gasteiger partial charge in [0.05, 0.1) is 11.4 Å². The van der Waals surface area contributed by atoms with Gasteiger partial charge in [0.1, 0.15) is 11.6 Å². The van der Waals surface area contributed by atoms with Crippen LogP contribution in [-0.4, -0.2) is 72.5 Å². The standard InChI is InChI=1S/C21H33N3O7S/c1-15-9-11-16(12-10-15)32(29,30)23(5)14-18(25)24(20(28)31-21(2,3)4)17(19(26)27)8-6-7-13-22/h9-12,17H,6-8,13-14,22H2,1-5H3,(H,26,27)/t17-/m0/s1. The van der Waals surface area contributed by atoms with Gasteiger partial charge in [0, 0.05) is 7.05 Å². The van der Waals surface area contributed by atoms with E-state index in [9.17, 15) is 27.9 Å². The molecule has 0 unspecified atom stereocenters. The molecule has 1 aromatic carbocycles. The molecule has 180 valence electrons. The van der Waals surface area contributed by atoms with E-state index in [1.807, 2.05) is 0 Å². The van der Waals surface area contributed by atoms with Gasteiger partial charge in [0.2, 0.25) is 15.9 Å². The molecular weight excluding hydrogens is 438 g/mol. The Hall–Kier alpha value is -2.50. The first-order chi connectivity index (χ1) is 14.7. The summed E-state index contributed by atoms with van der Waals surface area (Å²) in [6.45, 7) is 6.11. The van der Waals surface area contributed by atoms with Crippen molar-refractivity contribution in [2.75, 3.05) is 20.1 Å². The highest BCUT2D eigenvalue weighted by atomic mass is 32.2. The minimum atomic E-state index is -4.04. The molecule has 0 aliphatic carbocycles. The van der Waals surface area contributed by atoms with E-state index in [1.165, 1.54) is 19.2 Å². The Morgan fingerprint density at radius 3 is 2.16 bits per heavy atom. The number of nitrogens with two attached hydrogens (primary N) is 1. The molecule has 0 spiro atoms. The van der Waals surface area contributed by atoms with E-state index in [-0.39, 0.29) is 11.3 Å². The summed E-state index contributed by atoms with van der Waals surface area (Å²) < 4.78 is 31.7. The number of carbonyl (C=O) groups excluding carboxylic acids is 2. The summed E-state index contributed by atoms with van der Waals surface area (Å²) in [4.78, 5) is 38.1. The first-order valence-electron chi connectivity index (χ1n) is 10.2. The first kappa shape index (κ1) is 27.5. The number of carboxylic acids is 1. The normalized spacial score (nSPS) is 13.0. The number of imide groups is 1. The summed E-state index contributed by atoms with van der Waals surface area (Å²) in [5.41, 5.74) is 5.33. The fourth-order valence-corrected chi connectivity index (χ4v) is 3.92. The van der Waals surface area contributed by atoms with Crippen molar-refractivity contribution in [3.63, 3.8) is 0 Å². The van der Waals surface area contributed by atoms with Gasteiger partial charge in [0.15, 0.2) is 0 Å². The van der Waals surface area contributed by atoms with E-state index < -0.39 is 46.2 Å². The van der Waals surface area contributed by atoms with Gasteiger partial charge in [-0.3, -0.25) is 4.79 Å². The van der Waals surface area contributed by atoms with Crippen LogP contribution in [0.1, 0.15) is 45.6 Å². The van der Waals surface area contributed by atoms with E-state index in [0.29, 0.717) is 24.3 Å². The summed E-state index contributed by atoms with van der Waals surface area (Å²) in [7, 11) is -2.86. The number of hydrogen-bond acceptors (Lipinski definition) is 7. The number of rotatable bonds is 10. The molecule has 0 heterocycles. The molecule has 0 saturated heterocycles. The maximum absolute atomic E-state index is 13.0. The first-order valence-corrected chi connectivity index (χ1v) is 11.7. The largest absolute Gasteiger partial charge is 0.480 e. The predicted octanol–water partition coefficient (Wildman–Crippen LogP) is 1.96. The second-order valence-corrected chi connectivity index (χ2v) is 10.5. The molecule has 0 saturated carbocycles. The molecule has 0 fully saturated rings. The lowest BCUT2D eigenvalue weighted by atomic mass is 10.1. The van der Waals surface area contributed by atoms with E-state index >= 15 is 0 Å². The lowest BCUT2D eigenvalue weighted by Crippen LogP contribution is -2.53. The van der Waals surface area contributed by atoms with Crippen molar-refractivity contribution in [1.29, 1.82) is 0 Å². The Labute approximate surface area is 189 Å². The molecule has 1 atom stereocenters. The molecule has 3 N–H and O–H groups in total. The SMILES string of the molecule is Cc1ccc(S(=O)(=O)N(C)CC(=O)N(C(=O)OC(C)(C)C)[C@@H](CCCCN)C(=O)O)cc1. The number of benzene rings is 1. The van der Waals surface area contributed by atoms with Gasteiger partial charge in [-0.05, 0) is 65.6 Å². The quantitative estimate of drug-likeness (QED) is 0.492. The van der Waals surface area contributed by atoms with Crippen molar-refractivity contribution in [3.8, 4) is 0 Å². The second kappa shape index (κ2) is 11.4. The van der Waals surface area contributed by atoms with Crippen LogP contribution >= 0.6 is 0 Å². The van der Waals surface area contributed by atoms with Crippen LogP contribution in [0.15, 0.2) is 29.2 Å². The minimum absolute atomic E-state index is 0.0278. The summed E-state index contributed by atoms with van der Waals surface area (Å²) >= 11 is 0. The van der Waals surface area contributed by atoms with E-state index in [1.54, 1.807) is 39.8 Å². The Morgan fingerprint density at radius 2 is 1.69 bits per heavy atom. The van der Waals surface area contributed by atoms with Gasteiger partial charge in [-0.15, -0.1) is 0 Å². The average Bonchev–Trinajstić information content (AvgIpc) is 2.65. The molecule has 11 heteroatoms. The Balaban J connectivity index is 3.21. The zero-order valence-corrected chi connectivity index (χ0v) is 20.0. The molecule has 0 radical (unpaired) electrons. The van der Waals surface area contributed by atoms with Gasteiger partial charge in [0.25, 0.3) is 0 Å². The molecular formula is C21H33N3O7S. The number of aliphatic carboxylic acids is 1. The summed E-state index contributed by atoms with van der Waals surface area (Å²) in [5, 5.41) is 9.67. The maximum atomic E-state index is 13.0. The van der Waals surface area contributed by atoms with E-state index in [2.05, 4.69) is 0 Å². The number of carbonyl (C=O) groups is 3. The van der Waals surface area contributed by atoms with Gasteiger partial charge in [-0.1, -0.05) is 17.7 Å². The molecule has 1 rings (SSSR count). The fourth-order valence-electron chi connectivity index (χ4n) is 2.80. The van der Waals surface area contributed by atoms with Crippen LogP contribution in [0.4, 0.5) is 4.79 Å². The van der Waals surface area contributed by atoms with Crippen LogP contribution in [0.3, 0.4) is 0 Å². The number of sulfonamides is 1. The van der Waals surface area contributed by atoms with Gasteiger partial charge < -0.3 is 15.6 Å². The number of amides is 2. The van der Waals surface area contributed by atoms with Gasteiger partial charge in [-0.2, -0.15) is 4.31 Å². The van der Waals surface area contributed by atoms with Crippen molar-refractivity contribution in [3.05, 3.63) is 29.8 Å². The number of carboxylic acid groups (broad SMARTS) is 1. The molecule has 0 aliphatic rings. The highest BCUT2D eigenvalue weighted by Crippen LogP contribution is 2.19. The fraction of sp³-hybridized carbons (Fsp3) is 0.571. The second-order valence-electron chi connectivity index (χ2n) is 8.46. The van der Waals surface area contributed by atoms with Gasteiger partial charge in [-0.25, -0.2) is 22.9 Å². The predicted molar refractivity (Wildman–Crippen MR) is 118 cm³/mol. The summed E-state index contributed by atoms with van der Waals surface area (Å²) in [5.74, 6) is -2.40. The number of hydrogen-bond donors (Lipinski definition) is 2. The number of unbranched alkanes of at least 4 members (excludes halogenated alkanes) is 1. The monoisotopic (exact) mass is 471 g/mol. The third kappa shape index (κ3) is 7.88. The van der Waals surface area contributed by atoms with Gasteiger partial charge >= 0.3 is 12.1 Å². The minimum Gasteiger partial charge on any atom is -0.480 e. The summed E-state index contributed by atoms with van der Waals surface area (Å²) in [6, 6.07) is 4.54. The van der Waals surface area contributed by atoms with Crippen LogP contribution in [-0.2, 0) is 24.3 Å². The van der Waals surface area contributed by atoms with Crippen molar-refractivity contribution in [1.82, 2.24) is 9.21 Å². The average molecular weight is 472 g/mol. The maximum Gasteiger partial charge on any atom is 0.417 e. The van der Waals surface area contributed by atoms with Crippen molar-refractivity contribution >= 4 is 28.0 Å². The molecule has 0 aromatic heterocycles. The molecule has 32 heavy (non-hydrogen) atoms. The van der Waals surface area contributed by atoms with Crippen LogP contribution in [0.5, 0.6) is 0 Å². The summed E-state index contributed by atoms with van der Waals surface area (Å²) in [6.07, 6.45) is -0.325. The number of nitrogens with zero attached hydrogens (tertiary/aromatic N) is 2. The lowest BCUT2D eigenvalue weighted by molar-refractivity contribution is -0.149. The third-order valence-corrected chi connectivity index (χ3v) is 6.29. The number of aryl methyl sites for hydroxylation is 1. The lowest BCUT2D eigenvalue weighted by Gasteiger charge is -2.31. The number of likely N-dealkylation sites (N-methyl/N-ethyl adjacent to an activating group) is 1. The Morgan fingerprint density at radius 1 is 1.12 bits per heavy atom. The molecule has 0 bridgehead atoms. The topological polar surface area (TPSA) is 147 Å². The van der Waals surface area contributed by atoms with Crippen molar-refractivity contribution < 1.29 is 32.6 Å². The number of ether oxygens (including phenoxy) is 1. The highest BCUT2D eigenvalue weighted by Gasteiger charge is 2.38. The smallest absolute Gasteiger partial charge is 0.417 e. The zero-order chi connectivity index (χ0) is 24.7. The van der Waals surface area contributed by atoms with Crippen molar-refractivity contribution in [2.24, 2.45) is 5.73 Å². The van der Waals surface area contributed by atoms with E-state index in [4.69, 9.17) is 10.5 Å².